The number of rotatable bonds is 6. The van der Waals surface area contributed by atoms with Gasteiger partial charge in [-0.1, -0.05) is 19.1 Å². The van der Waals surface area contributed by atoms with Crippen LogP contribution in [0.15, 0.2) is 6.20 Å². The summed E-state index contributed by atoms with van der Waals surface area (Å²) in [6.45, 7) is 6.58. The highest BCUT2D eigenvalue weighted by molar-refractivity contribution is 4.93. The van der Waals surface area contributed by atoms with E-state index in [0.717, 1.165) is 25.2 Å². The largest absolute Gasteiger partial charge is 0.316 e. The van der Waals surface area contributed by atoms with E-state index in [-0.39, 0.29) is 0 Å². The first-order valence-corrected chi connectivity index (χ1v) is 5.28. The molecule has 1 rings (SSSR count). The van der Waals surface area contributed by atoms with Gasteiger partial charge in [0.05, 0.1) is 5.69 Å². The SMILES string of the molecule is CCCNCC(C)Cc1cn(C)nn1. The molecule has 0 saturated carbocycles. The molecule has 0 bridgehead atoms. The zero-order chi connectivity index (χ0) is 10.4. The summed E-state index contributed by atoms with van der Waals surface area (Å²) in [5, 5.41) is 11.4. The van der Waals surface area contributed by atoms with Gasteiger partial charge in [-0.3, -0.25) is 4.68 Å². The molecule has 1 aromatic rings. The van der Waals surface area contributed by atoms with E-state index in [1.165, 1.54) is 6.42 Å². The zero-order valence-electron chi connectivity index (χ0n) is 9.32. The summed E-state index contributed by atoms with van der Waals surface area (Å²) in [5.74, 6) is 0.623. The van der Waals surface area contributed by atoms with Crippen molar-refractivity contribution in [2.45, 2.75) is 26.7 Å². The molecule has 0 aliphatic carbocycles. The Kier molecular flexibility index (Phi) is 4.59. The highest BCUT2D eigenvalue weighted by Crippen LogP contribution is 2.03. The minimum absolute atomic E-state index is 0.623. The van der Waals surface area contributed by atoms with Gasteiger partial charge in [0.2, 0.25) is 0 Å². The quantitative estimate of drug-likeness (QED) is 0.690. The van der Waals surface area contributed by atoms with Gasteiger partial charge in [-0.25, -0.2) is 0 Å². The molecule has 4 nitrogen and oxygen atoms in total. The van der Waals surface area contributed by atoms with E-state index < -0.39 is 0 Å². The molecule has 0 spiro atoms. The summed E-state index contributed by atoms with van der Waals surface area (Å²) in [4.78, 5) is 0. The molecule has 0 aliphatic rings. The standard InChI is InChI=1S/C10H20N4/c1-4-5-11-7-9(2)6-10-8-14(3)13-12-10/h8-9,11H,4-7H2,1-3H3. The third kappa shape index (κ3) is 3.87. The Morgan fingerprint density at radius 1 is 1.57 bits per heavy atom. The summed E-state index contributed by atoms with van der Waals surface area (Å²) in [5.41, 5.74) is 1.08. The lowest BCUT2D eigenvalue weighted by molar-refractivity contribution is 0.506. The fourth-order valence-corrected chi connectivity index (χ4v) is 1.44. The molecule has 14 heavy (non-hydrogen) atoms. The van der Waals surface area contributed by atoms with Crippen LogP contribution in [0.4, 0.5) is 0 Å². The normalized spacial score (nSPS) is 13.1. The van der Waals surface area contributed by atoms with Crippen molar-refractivity contribution >= 4 is 0 Å². The van der Waals surface area contributed by atoms with Gasteiger partial charge in [0.15, 0.2) is 0 Å². The molecule has 0 radical (unpaired) electrons. The second kappa shape index (κ2) is 5.75. The molecule has 0 saturated heterocycles. The lowest BCUT2D eigenvalue weighted by Crippen LogP contribution is -2.23. The summed E-state index contributed by atoms with van der Waals surface area (Å²) >= 11 is 0. The molecule has 0 aromatic carbocycles. The average Bonchev–Trinajstić information content (AvgIpc) is 2.52. The van der Waals surface area contributed by atoms with E-state index in [4.69, 9.17) is 0 Å². The van der Waals surface area contributed by atoms with Gasteiger partial charge >= 0.3 is 0 Å². The van der Waals surface area contributed by atoms with Crippen LogP contribution in [0.1, 0.15) is 26.0 Å². The molecular formula is C10H20N4. The van der Waals surface area contributed by atoms with Gasteiger partial charge in [-0.05, 0) is 31.8 Å². The van der Waals surface area contributed by atoms with Crippen LogP contribution in [-0.2, 0) is 13.5 Å². The molecule has 1 atom stereocenters. The van der Waals surface area contributed by atoms with Gasteiger partial charge in [-0.2, -0.15) is 0 Å². The topological polar surface area (TPSA) is 42.7 Å². The van der Waals surface area contributed by atoms with E-state index in [2.05, 4.69) is 29.5 Å². The van der Waals surface area contributed by atoms with Crippen LogP contribution in [0.3, 0.4) is 0 Å². The number of nitrogens with zero attached hydrogens (tertiary/aromatic N) is 3. The van der Waals surface area contributed by atoms with Crippen molar-refractivity contribution < 1.29 is 0 Å². The van der Waals surface area contributed by atoms with Crippen molar-refractivity contribution in [1.29, 1.82) is 0 Å². The number of aromatic nitrogens is 3. The maximum atomic E-state index is 4.07. The number of hydrogen-bond acceptors (Lipinski definition) is 3. The fourth-order valence-electron chi connectivity index (χ4n) is 1.44. The van der Waals surface area contributed by atoms with Gasteiger partial charge in [0.1, 0.15) is 0 Å². The Morgan fingerprint density at radius 3 is 2.93 bits per heavy atom. The zero-order valence-corrected chi connectivity index (χ0v) is 9.32. The first-order chi connectivity index (χ1) is 6.72. The van der Waals surface area contributed by atoms with E-state index in [0.29, 0.717) is 5.92 Å². The highest BCUT2D eigenvalue weighted by atomic mass is 15.4. The predicted octanol–water partition coefficient (Wildman–Crippen LogP) is 0.993. The summed E-state index contributed by atoms with van der Waals surface area (Å²) in [7, 11) is 1.90. The van der Waals surface area contributed by atoms with Crippen molar-refractivity contribution in [3.63, 3.8) is 0 Å². The Labute approximate surface area is 85.7 Å². The van der Waals surface area contributed by atoms with Crippen LogP contribution in [0.5, 0.6) is 0 Å². The lowest BCUT2D eigenvalue weighted by Gasteiger charge is -2.09. The Balaban J connectivity index is 2.23. The van der Waals surface area contributed by atoms with E-state index in [1.54, 1.807) is 4.68 Å². The smallest absolute Gasteiger partial charge is 0.0830 e. The minimum atomic E-state index is 0.623. The summed E-state index contributed by atoms with van der Waals surface area (Å²) in [6.07, 6.45) is 4.18. The Bertz CT molecular complexity index is 256. The molecule has 80 valence electrons. The van der Waals surface area contributed by atoms with Crippen LogP contribution in [0.25, 0.3) is 0 Å². The van der Waals surface area contributed by atoms with Crippen LogP contribution in [0, 0.1) is 5.92 Å². The molecule has 1 heterocycles. The first kappa shape index (κ1) is 11.2. The second-order valence-electron chi connectivity index (χ2n) is 3.90. The van der Waals surface area contributed by atoms with Gasteiger partial charge < -0.3 is 5.32 Å². The Hall–Kier alpha value is -0.900. The lowest BCUT2D eigenvalue weighted by atomic mass is 10.1. The maximum absolute atomic E-state index is 4.07. The van der Waals surface area contributed by atoms with Crippen molar-refractivity contribution in [2.75, 3.05) is 13.1 Å². The van der Waals surface area contributed by atoms with Crippen LogP contribution in [-0.4, -0.2) is 28.1 Å². The monoisotopic (exact) mass is 196 g/mol. The molecule has 1 unspecified atom stereocenters. The minimum Gasteiger partial charge on any atom is -0.316 e. The van der Waals surface area contributed by atoms with Crippen molar-refractivity contribution in [2.24, 2.45) is 13.0 Å². The molecule has 0 amide bonds. The van der Waals surface area contributed by atoms with Crippen LogP contribution in [0.2, 0.25) is 0 Å². The third-order valence-corrected chi connectivity index (χ3v) is 2.13. The van der Waals surface area contributed by atoms with Crippen molar-refractivity contribution in [1.82, 2.24) is 20.3 Å². The summed E-state index contributed by atoms with van der Waals surface area (Å²) < 4.78 is 1.75. The fraction of sp³-hybridized carbons (Fsp3) is 0.800. The summed E-state index contributed by atoms with van der Waals surface area (Å²) in [6, 6.07) is 0. The molecule has 1 N–H and O–H groups in total. The van der Waals surface area contributed by atoms with Crippen LogP contribution >= 0.6 is 0 Å². The maximum Gasteiger partial charge on any atom is 0.0830 e. The van der Waals surface area contributed by atoms with Gasteiger partial charge in [0, 0.05) is 13.2 Å². The van der Waals surface area contributed by atoms with Crippen molar-refractivity contribution in [3.05, 3.63) is 11.9 Å². The highest BCUT2D eigenvalue weighted by Gasteiger charge is 2.05. The molecule has 1 aromatic heterocycles. The van der Waals surface area contributed by atoms with Crippen molar-refractivity contribution in [3.8, 4) is 0 Å². The van der Waals surface area contributed by atoms with Gasteiger partial charge in [-0.15, -0.1) is 5.10 Å². The first-order valence-electron chi connectivity index (χ1n) is 5.28. The molecule has 0 aliphatic heterocycles. The molecular weight excluding hydrogens is 176 g/mol. The van der Waals surface area contributed by atoms with Gasteiger partial charge in [0.25, 0.3) is 0 Å². The predicted molar refractivity (Wildman–Crippen MR) is 57.0 cm³/mol. The Morgan fingerprint density at radius 2 is 2.36 bits per heavy atom. The average molecular weight is 196 g/mol. The van der Waals surface area contributed by atoms with E-state index in [1.807, 2.05) is 13.2 Å². The van der Waals surface area contributed by atoms with E-state index in [9.17, 15) is 0 Å². The number of hydrogen-bond donors (Lipinski definition) is 1. The second-order valence-corrected chi connectivity index (χ2v) is 3.90. The third-order valence-electron chi connectivity index (χ3n) is 2.13. The van der Waals surface area contributed by atoms with E-state index >= 15 is 0 Å². The molecule has 4 heteroatoms. The number of nitrogens with one attached hydrogen (secondary N) is 1. The van der Waals surface area contributed by atoms with Crippen LogP contribution < -0.4 is 5.32 Å². The molecule has 0 fully saturated rings. The number of aryl methyl sites for hydroxylation is 1.